The molecule has 7 heteroatoms. The Morgan fingerprint density at radius 2 is 1.83 bits per heavy atom. The quantitative estimate of drug-likeness (QED) is 0.692. The molecule has 1 unspecified atom stereocenters. The highest BCUT2D eigenvalue weighted by atomic mass is 35.5. The number of aromatic hydroxyl groups is 1. The minimum absolute atomic E-state index is 0.0343. The van der Waals surface area contributed by atoms with E-state index < -0.39 is 17.4 Å². The molecule has 1 saturated carbocycles. The smallest absolute Gasteiger partial charge is 0.271 e. The predicted molar refractivity (Wildman–Crippen MR) is 115 cm³/mol. The third-order valence-corrected chi connectivity index (χ3v) is 6.37. The number of nitriles is 1. The first-order valence-corrected chi connectivity index (χ1v) is 10.4. The number of hydrogen-bond donors (Lipinski definition) is 1. The van der Waals surface area contributed by atoms with E-state index in [2.05, 4.69) is 0 Å². The van der Waals surface area contributed by atoms with Gasteiger partial charge in [0.25, 0.3) is 5.56 Å². The second-order valence-corrected chi connectivity index (χ2v) is 8.30. The molecule has 1 aromatic heterocycles. The number of benzene rings is 1. The monoisotopic (exact) mass is 428 g/mol. The van der Waals surface area contributed by atoms with Crippen LogP contribution in [-0.2, 0) is 0 Å². The van der Waals surface area contributed by atoms with E-state index in [0.717, 1.165) is 36.8 Å². The molecule has 3 rings (SSSR count). The number of nitrogens with zero attached hydrogens (tertiary/aromatic N) is 2. The first-order chi connectivity index (χ1) is 14.2. The van der Waals surface area contributed by atoms with Crippen LogP contribution in [0.5, 0.6) is 11.6 Å². The van der Waals surface area contributed by atoms with Gasteiger partial charge in [-0.25, -0.2) is 0 Å². The number of carbonyl (C=O) groups excluding carboxylic acids is 1. The normalized spacial score (nSPS) is 15.1. The number of rotatable bonds is 5. The summed E-state index contributed by atoms with van der Waals surface area (Å²) >= 11 is 6.20. The van der Waals surface area contributed by atoms with Crippen molar-refractivity contribution >= 4 is 17.4 Å². The molecular formula is C23H25ClN2O4. The average Bonchev–Trinajstić information content (AvgIpc) is 3.20. The van der Waals surface area contributed by atoms with Gasteiger partial charge in [-0.05, 0) is 69.4 Å². The van der Waals surface area contributed by atoms with Gasteiger partial charge >= 0.3 is 0 Å². The molecule has 6 nitrogen and oxygen atoms in total. The Hall–Kier alpha value is -2.78. The van der Waals surface area contributed by atoms with Crippen molar-refractivity contribution in [2.75, 3.05) is 0 Å². The summed E-state index contributed by atoms with van der Waals surface area (Å²) < 4.78 is 7.05. The van der Waals surface area contributed by atoms with Crippen LogP contribution in [0, 0.1) is 32.1 Å². The van der Waals surface area contributed by atoms with E-state index in [1.54, 1.807) is 19.1 Å². The van der Waals surface area contributed by atoms with Gasteiger partial charge < -0.3 is 9.84 Å². The third-order valence-electron chi connectivity index (χ3n) is 5.77. The van der Waals surface area contributed by atoms with Crippen molar-refractivity contribution in [3.05, 3.63) is 55.3 Å². The van der Waals surface area contributed by atoms with E-state index in [4.69, 9.17) is 16.3 Å². The zero-order chi connectivity index (χ0) is 22.2. The van der Waals surface area contributed by atoms with Gasteiger partial charge in [0, 0.05) is 11.1 Å². The Balaban J connectivity index is 2.04. The second-order valence-electron chi connectivity index (χ2n) is 7.92. The van der Waals surface area contributed by atoms with Crippen LogP contribution in [0.25, 0.3) is 0 Å². The first-order valence-electron chi connectivity index (χ1n) is 10.0. The topological polar surface area (TPSA) is 92.3 Å². The maximum atomic E-state index is 13.2. The fraction of sp³-hybridized carbons (Fsp3) is 0.435. The van der Waals surface area contributed by atoms with Gasteiger partial charge in [-0.3, -0.25) is 14.2 Å². The summed E-state index contributed by atoms with van der Waals surface area (Å²) in [6.07, 6.45) is 2.39. The molecular weight excluding hydrogens is 404 g/mol. The Kier molecular flexibility index (Phi) is 6.23. The number of hydrogen-bond acceptors (Lipinski definition) is 5. The van der Waals surface area contributed by atoms with Gasteiger partial charge in [0.2, 0.25) is 11.7 Å². The van der Waals surface area contributed by atoms with E-state index in [1.165, 1.54) is 11.5 Å². The lowest BCUT2D eigenvalue weighted by molar-refractivity contribution is 0.0812. The largest absolute Gasteiger partial charge is 0.494 e. The molecule has 2 aromatic rings. The summed E-state index contributed by atoms with van der Waals surface area (Å²) in [7, 11) is 0. The van der Waals surface area contributed by atoms with E-state index in [0.29, 0.717) is 10.8 Å². The standard InChI is InChI=1S/C23H25ClN2O4/c1-12-9-17(10-13(2)20(12)24)30-15(4)21(27)19-14(3)18(11-25)22(28)26(23(19)29)16-7-5-6-8-16/h9-10,15-16,29H,5-8H2,1-4H3. The molecule has 1 atom stereocenters. The number of Topliss-reactive ketones (excluding diaryl/α,β-unsaturated/α-hetero) is 1. The number of carbonyl (C=O) groups is 1. The lowest BCUT2D eigenvalue weighted by atomic mass is 9.98. The van der Waals surface area contributed by atoms with Crippen LogP contribution in [0.3, 0.4) is 0 Å². The molecule has 1 heterocycles. The zero-order valence-electron chi connectivity index (χ0n) is 17.6. The highest BCUT2D eigenvalue weighted by Gasteiger charge is 2.31. The zero-order valence-corrected chi connectivity index (χ0v) is 18.3. The molecule has 1 N–H and O–H groups in total. The molecule has 0 bridgehead atoms. The molecule has 0 saturated heterocycles. The lowest BCUT2D eigenvalue weighted by Crippen LogP contribution is -2.32. The predicted octanol–water partition coefficient (Wildman–Crippen LogP) is 4.77. The Morgan fingerprint density at radius 1 is 1.27 bits per heavy atom. The van der Waals surface area contributed by atoms with Gasteiger partial charge in [0.05, 0.1) is 5.56 Å². The number of ether oxygens (including phenoxy) is 1. The van der Waals surface area contributed by atoms with Crippen LogP contribution in [-0.4, -0.2) is 21.6 Å². The fourth-order valence-electron chi connectivity index (χ4n) is 4.15. The number of aromatic nitrogens is 1. The van der Waals surface area contributed by atoms with E-state index in [-0.39, 0.29) is 28.6 Å². The number of halogens is 1. The molecule has 0 spiro atoms. The maximum Gasteiger partial charge on any atom is 0.271 e. The molecule has 158 valence electrons. The summed E-state index contributed by atoms with van der Waals surface area (Å²) in [4.78, 5) is 26.0. The van der Waals surface area contributed by atoms with Crippen molar-refractivity contribution in [3.63, 3.8) is 0 Å². The molecule has 1 aliphatic rings. The summed E-state index contributed by atoms with van der Waals surface area (Å²) in [5.74, 6) is -0.386. The van der Waals surface area contributed by atoms with Gasteiger partial charge in [0.15, 0.2) is 6.10 Å². The number of ketones is 1. The summed E-state index contributed by atoms with van der Waals surface area (Å²) in [6, 6.07) is 5.18. The molecule has 1 aromatic carbocycles. The van der Waals surface area contributed by atoms with Crippen LogP contribution in [0.15, 0.2) is 16.9 Å². The molecule has 30 heavy (non-hydrogen) atoms. The third kappa shape index (κ3) is 3.82. The summed E-state index contributed by atoms with van der Waals surface area (Å²) in [5.41, 5.74) is 1.13. The highest BCUT2D eigenvalue weighted by Crippen LogP contribution is 2.34. The van der Waals surface area contributed by atoms with Crippen LogP contribution < -0.4 is 10.3 Å². The van der Waals surface area contributed by atoms with Gasteiger partial charge in [-0.1, -0.05) is 24.4 Å². The Labute approximate surface area is 180 Å². The van der Waals surface area contributed by atoms with Crippen LogP contribution in [0.4, 0.5) is 0 Å². The van der Waals surface area contributed by atoms with Crippen molar-refractivity contribution in [1.29, 1.82) is 5.26 Å². The average molecular weight is 429 g/mol. The van der Waals surface area contributed by atoms with Crippen molar-refractivity contribution in [2.24, 2.45) is 0 Å². The highest BCUT2D eigenvalue weighted by molar-refractivity contribution is 6.32. The van der Waals surface area contributed by atoms with Gasteiger partial charge in [-0.2, -0.15) is 5.26 Å². The van der Waals surface area contributed by atoms with Crippen LogP contribution in [0.1, 0.15) is 71.3 Å². The van der Waals surface area contributed by atoms with Gasteiger partial charge in [0.1, 0.15) is 17.4 Å². The van der Waals surface area contributed by atoms with E-state index in [1.807, 2.05) is 19.9 Å². The van der Waals surface area contributed by atoms with E-state index >= 15 is 0 Å². The van der Waals surface area contributed by atoms with E-state index in [9.17, 15) is 20.0 Å². The maximum absolute atomic E-state index is 13.2. The fourth-order valence-corrected chi connectivity index (χ4v) is 4.26. The SMILES string of the molecule is Cc1cc(OC(C)C(=O)c2c(C)c(C#N)c(=O)n(C3CCCC3)c2O)cc(C)c1Cl. The molecule has 0 radical (unpaired) electrons. The van der Waals surface area contributed by atoms with Crippen molar-refractivity contribution in [1.82, 2.24) is 4.57 Å². The molecule has 1 aliphatic carbocycles. The number of pyridine rings is 1. The minimum atomic E-state index is -0.935. The Bertz CT molecular complexity index is 1080. The second kappa shape index (κ2) is 8.53. The number of aryl methyl sites for hydroxylation is 2. The minimum Gasteiger partial charge on any atom is -0.494 e. The van der Waals surface area contributed by atoms with Crippen molar-refractivity contribution in [3.8, 4) is 17.7 Å². The first kappa shape index (κ1) is 21.9. The lowest BCUT2D eigenvalue weighted by Gasteiger charge is -2.22. The summed E-state index contributed by atoms with van der Waals surface area (Å²) in [5, 5.41) is 21.1. The molecule has 0 amide bonds. The molecule has 0 aliphatic heterocycles. The van der Waals surface area contributed by atoms with Gasteiger partial charge in [-0.15, -0.1) is 0 Å². The van der Waals surface area contributed by atoms with Crippen molar-refractivity contribution < 1.29 is 14.6 Å². The molecule has 1 fully saturated rings. The summed E-state index contributed by atoms with van der Waals surface area (Å²) in [6.45, 7) is 6.79. The Morgan fingerprint density at radius 3 is 2.37 bits per heavy atom. The van der Waals surface area contributed by atoms with Crippen LogP contribution >= 0.6 is 11.6 Å². The van der Waals surface area contributed by atoms with Crippen molar-refractivity contribution in [2.45, 2.75) is 65.5 Å². The van der Waals surface area contributed by atoms with Crippen LogP contribution in [0.2, 0.25) is 5.02 Å².